The molecule has 0 aromatic heterocycles. The van der Waals surface area contributed by atoms with E-state index in [9.17, 15) is 22.4 Å². The van der Waals surface area contributed by atoms with Gasteiger partial charge in [-0.25, -0.2) is 9.18 Å². The van der Waals surface area contributed by atoms with Gasteiger partial charge in [0.1, 0.15) is 5.82 Å². The van der Waals surface area contributed by atoms with Crippen LogP contribution >= 0.6 is 0 Å². The maximum absolute atomic E-state index is 14.2. The predicted octanol–water partition coefficient (Wildman–Crippen LogP) is 5.99. The molecule has 1 atom stereocenters. The molecule has 3 aromatic carbocycles. The minimum atomic E-state index is -4.84. The Kier molecular flexibility index (Phi) is 6.84. The highest BCUT2D eigenvalue weighted by molar-refractivity contribution is 6.13. The van der Waals surface area contributed by atoms with Crippen LogP contribution in [0.15, 0.2) is 83.9 Å². The first-order valence-electron chi connectivity index (χ1n) is 9.53. The summed E-state index contributed by atoms with van der Waals surface area (Å²) in [4.78, 5) is 17.2. The quantitative estimate of drug-likeness (QED) is 0.274. The van der Waals surface area contributed by atoms with Crippen molar-refractivity contribution < 1.29 is 27.1 Å². The number of esters is 1. The number of alkyl halides is 3. The summed E-state index contributed by atoms with van der Waals surface area (Å²) in [7, 11) is 0. The van der Waals surface area contributed by atoms with E-state index < -0.39 is 29.6 Å². The van der Waals surface area contributed by atoms with E-state index in [0.29, 0.717) is 29.0 Å². The van der Waals surface area contributed by atoms with E-state index in [1.807, 2.05) is 12.1 Å². The number of halogens is 4. The van der Waals surface area contributed by atoms with Gasteiger partial charge in [-0.2, -0.15) is 13.2 Å². The zero-order chi connectivity index (χ0) is 22.4. The van der Waals surface area contributed by atoms with Crippen molar-refractivity contribution in [2.24, 2.45) is 4.99 Å². The van der Waals surface area contributed by atoms with E-state index in [1.165, 1.54) is 0 Å². The summed E-state index contributed by atoms with van der Waals surface area (Å²) in [5, 5.41) is 0. The lowest BCUT2D eigenvalue weighted by Crippen LogP contribution is -2.18. The number of rotatable bonds is 6. The number of benzene rings is 3. The molecule has 1 unspecified atom stereocenters. The van der Waals surface area contributed by atoms with Crippen LogP contribution in [0.2, 0.25) is 0 Å². The van der Waals surface area contributed by atoms with Gasteiger partial charge in [-0.15, -0.1) is 0 Å². The summed E-state index contributed by atoms with van der Waals surface area (Å²) < 4.78 is 58.2. The second-order valence-corrected chi connectivity index (χ2v) is 6.60. The molecule has 160 valence electrons. The van der Waals surface area contributed by atoms with Crippen molar-refractivity contribution in [1.82, 2.24) is 0 Å². The van der Waals surface area contributed by atoms with Crippen molar-refractivity contribution >= 4 is 11.7 Å². The molecular formula is C24H19F4NO2. The summed E-state index contributed by atoms with van der Waals surface area (Å²) in [5.74, 6) is -2.26. The third kappa shape index (κ3) is 5.36. The molecule has 3 aromatic rings. The normalized spacial score (nSPS) is 12.2. The smallest absolute Gasteiger partial charge is 0.419 e. The third-order valence-electron chi connectivity index (χ3n) is 4.48. The highest BCUT2D eigenvalue weighted by Crippen LogP contribution is 2.33. The molecule has 7 heteroatoms. The highest BCUT2D eigenvalue weighted by Gasteiger charge is 2.35. The average molecular weight is 429 g/mol. The summed E-state index contributed by atoms with van der Waals surface area (Å²) in [6, 6.07) is 19.0. The van der Waals surface area contributed by atoms with Crippen molar-refractivity contribution in [3.63, 3.8) is 0 Å². The first-order valence-corrected chi connectivity index (χ1v) is 9.53. The van der Waals surface area contributed by atoms with Crippen LogP contribution in [0.3, 0.4) is 0 Å². The molecule has 0 heterocycles. The second-order valence-electron chi connectivity index (χ2n) is 6.60. The third-order valence-corrected chi connectivity index (χ3v) is 4.48. The van der Waals surface area contributed by atoms with Crippen LogP contribution < -0.4 is 0 Å². The van der Waals surface area contributed by atoms with Crippen LogP contribution in [0.25, 0.3) is 0 Å². The maximum atomic E-state index is 14.2. The fourth-order valence-electron chi connectivity index (χ4n) is 3.05. The molecule has 0 fully saturated rings. The zero-order valence-electron chi connectivity index (χ0n) is 16.6. The Morgan fingerprint density at radius 1 is 0.935 bits per heavy atom. The Morgan fingerprint density at radius 2 is 1.48 bits per heavy atom. The van der Waals surface area contributed by atoms with Crippen LogP contribution in [0.1, 0.15) is 35.2 Å². The molecule has 0 N–H and O–H groups in total. The van der Waals surface area contributed by atoms with Crippen LogP contribution in [0.5, 0.6) is 0 Å². The number of hydrogen-bond acceptors (Lipinski definition) is 3. The Morgan fingerprint density at radius 3 is 1.94 bits per heavy atom. The first-order chi connectivity index (χ1) is 14.8. The van der Waals surface area contributed by atoms with Crippen molar-refractivity contribution in [2.45, 2.75) is 19.1 Å². The molecule has 3 nitrogen and oxygen atoms in total. The van der Waals surface area contributed by atoms with Crippen molar-refractivity contribution in [1.29, 1.82) is 0 Å². The molecule has 0 bridgehead atoms. The Balaban J connectivity index is 2.16. The maximum Gasteiger partial charge on any atom is 0.419 e. The summed E-state index contributed by atoms with van der Waals surface area (Å²) >= 11 is 0. The lowest BCUT2D eigenvalue weighted by atomic mass is 10.00. The topological polar surface area (TPSA) is 38.7 Å². The van der Waals surface area contributed by atoms with Gasteiger partial charge in [0.15, 0.2) is 6.04 Å². The fraction of sp³-hybridized carbons (Fsp3) is 0.167. The SMILES string of the molecule is CCOC(=O)C(N=C(c1ccccc1)c1ccccc1)c1ccc(C(F)(F)F)c(F)c1. The minimum Gasteiger partial charge on any atom is -0.464 e. The predicted molar refractivity (Wildman–Crippen MR) is 109 cm³/mol. The summed E-state index contributed by atoms with van der Waals surface area (Å²) in [6.07, 6.45) is -4.84. The zero-order valence-corrected chi connectivity index (χ0v) is 16.6. The molecule has 0 aliphatic carbocycles. The number of nitrogens with zero attached hydrogens (tertiary/aromatic N) is 1. The van der Waals surface area contributed by atoms with Crippen LogP contribution in [0.4, 0.5) is 17.6 Å². The lowest BCUT2D eigenvalue weighted by molar-refractivity contribution is -0.144. The van der Waals surface area contributed by atoms with E-state index in [2.05, 4.69) is 4.99 Å². The van der Waals surface area contributed by atoms with Gasteiger partial charge in [-0.05, 0) is 24.6 Å². The second kappa shape index (κ2) is 9.55. The number of carbonyl (C=O) groups is 1. The van der Waals surface area contributed by atoms with Gasteiger partial charge in [0.05, 0.1) is 17.9 Å². The highest BCUT2D eigenvalue weighted by atomic mass is 19.4. The first kappa shape index (κ1) is 22.2. The molecular weight excluding hydrogens is 410 g/mol. The molecule has 0 amide bonds. The number of hydrogen-bond donors (Lipinski definition) is 0. The van der Waals surface area contributed by atoms with E-state index in [-0.39, 0.29) is 12.2 Å². The lowest BCUT2D eigenvalue weighted by Gasteiger charge is -2.17. The van der Waals surface area contributed by atoms with Gasteiger partial charge >= 0.3 is 12.1 Å². The Labute approximate surface area is 177 Å². The minimum absolute atomic E-state index is 0.0340. The molecule has 0 aliphatic rings. The molecule has 0 saturated carbocycles. The van der Waals surface area contributed by atoms with Crippen molar-refractivity contribution in [2.75, 3.05) is 6.61 Å². The van der Waals surface area contributed by atoms with Crippen LogP contribution in [-0.4, -0.2) is 18.3 Å². The number of carbonyl (C=O) groups excluding carboxylic acids is 1. The van der Waals surface area contributed by atoms with E-state index >= 15 is 0 Å². The van der Waals surface area contributed by atoms with E-state index in [0.717, 1.165) is 6.07 Å². The van der Waals surface area contributed by atoms with E-state index in [4.69, 9.17) is 4.74 Å². The molecule has 0 radical (unpaired) electrons. The Bertz CT molecular complexity index is 1020. The van der Waals surface area contributed by atoms with Gasteiger partial charge in [-0.1, -0.05) is 66.7 Å². The van der Waals surface area contributed by atoms with Gasteiger partial charge < -0.3 is 4.74 Å². The fourth-order valence-corrected chi connectivity index (χ4v) is 3.05. The van der Waals surface area contributed by atoms with Crippen molar-refractivity contribution in [3.8, 4) is 0 Å². The standard InChI is InChI=1S/C24H19F4NO2/c1-2-31-23(30)22(18-13-14-19(20(25)15-18)24(26,27)28)29-21(16-9-5-3-6-10-16)17-11-7-4-8-12-17/h3-15,22H,2H2,1H3. The summed E-state index contributed by atoms with van der Waals surface area (Å²) in [6.45, 7) is 1.64. The van der Waals surface area contributed by atoms with Crippen molar-refractivity contribution in [3.05, 3.63) is 107 Å². The molecule has 0 saturated heterocycles. The largest absolute Gasteiger partial charge is 0.464 e. The van der Waals surface area contributed by atoms with E-state index in [1.54, 1.807) is 55.5 Å². The van der Waals surface area contributed by atoms with Gasteiger partial charge in [0.25, 0.3) is 0 Å². The van der Waals surface area contributed by atoms with Crippen LogP contribution in [0, 0.1) is 5.82 Å². The number of ether oxygens (including phenoxy) is 1. The molecule has 3 rings (SSSR count). The number of aliphatic imine (C=N–C) groups is 1. The molecule has 0 aliphatic heterocycles. The van der Waals surface area contributed by atoms with Gasteiger partial charge in [-0.3, -0.25) is 4.99 Å². The average Bonchev–Trinajstić information content (AvgIpc) is 2.75. The van der Waals surface area contributed by atoms with Crippen LogP contribution in [-0.2, 0) is 15.7 Å². The van der Waals surface area contributed by atoms with Gasteiger partial charge in [0, 0.05) is 11.1 Å². The molecule has 0 spiro atoms. The molecule has 31 heavy (non-hydrogen) atoms. The van der Waals surface area contributed by atoms with Gasteiger partial charge in [0.2, 0.25) is 0 Å². The summed E-state index contributed by atoms with van der Waals surface area (Å²) in [5.41, 5.74) is 0.368. The monoisotopic (exact) mass is 429 g/mol. The Hall–Kier alpha value is -3.48.